The van der Waals surface area contributed by atoms with Gasteiger partial charge in [0.25, 0.3) is 10.0 Å². The van der Waals surface area contributed by atoms with Crippen LogP contribution in [0.2, 0.25) is 5.02 Å². The summed E-state index contributed by atoms with van der Waals surface area (Å²) in [5.41, 5.74) is 2.95. The number of halogens is 1. The van der Waals surface area contributed by atoms with Gasteiger partial charge in [-0.2, -0.15) is 0 Å². The number of rotatable bonds is 3. The zero-order valence-electron chi connectivity index (χ0n) is 13.7. The largest absolute Gasteiger partial charge is 0.378 e. The van der Waals surface area contributed by atoms with Crippen LogP contribution in [0.1, 0.15) is 5.56 Å². The number of nitrogens with zero attached hydrogens (tertiary/aromatic N) is 2. The molecule has 0 radical (unpaired) electrons. The molecule has 0 spiro atoms. The topological polar surface area (TPSA) is 49.9 Å². The van der Waals surface area contributed by atoms with Gasteiger partial charge in [0.1, 0.15) is 0 Å². The van der Waals surface area contributed by atoms with Gasteiger partial charge in [0.15, 0.2) is 0 Å². The lowest BCUT2D eigenvalue weighted by Gasteiger charge is -2.29. The minimum absolute atomic E-state index is 0.227. The zero-order valence-corrected chi connectivity index (χ0v) is 15.3. The Morgan fingerprint density at radius 2 is 1.80 bits per heavy atom. The van der Waals surface area contributed by atoms with Crippen LogP contribution in [0.3, 0.4) is 0 Å². The molecule has 2 aliphatic rings. The van der Waals surface area contributed by atoms with E-state index in [0.717, 1.165) is 43.2 Å². The molecule has 1 fully saturated rings. The Hall–Kier alpha value is -1.76. The number of benzene rings is 2. The standard InChI is InChI=1S/C18H19ClN2O3S/c19-15-2-1-3-17(13-15)25(22,23)21-7-6-14-12-16(4-5-18(14)21)20-8-10-24-11-9-20/h1-5,12-13H,6-11H2. The molecule has 25 heavy (non-hydrogen) atoms. The molecule has 5 nitrogen and oxygen atoms in total. The number of ether oxygens (including phenoxy) is 1. The van der Waals surface area contributed by atoms with Gasteiger partial charge in [-0.1, -0.05) is 17.7 Å². The molecule has 0 aliphatic carbocycles. The molecule has 1 saturated heterocycles. The van der Waals surface area contributed by atoms with Crippen LogP contribution in [0, 0.1) is 0 Å². The number of hydrogen-bond donors (Lipinski definition) is 0. The first-order valence-electron chi connectivity index (χ1n) is 8.30. The van der Waals surface area contributed by atoms with Crippen LogP contribution < -0.4 is 9.21 Å². The average molecular weight is 379 g/mol. The van der Waals surface area contributed by atoms with Gasteiger partial charge in [-0.15, -0.1) is 0 Å². The summed E-state index contributed by atoms with van der Waals surface area (Å²) in [6.07, 6.45) is 0.716. The van der Waals surface area contributed by atoms with Crippen LogP contribution in [0.4, 0.5) is 11.4 Å². The quantitative estimate of drug-likeness (QED) is 0.824. The van der Waals surface area contributed by atoms with Crippen molar-refractivity contribution in [3.8, 4) is 0 Å². The van der Waals surface area contributed by atoms with Gasteiger partial charge in [-0.05, 0) is 48.4 Å². The summed E-state index contributed by atoms with van der Waals surface area (Å²) in [5.74, 6) is 0. The Kier molecular flexibility index (Phi) is 4.35. The molecular formula is C18H19ClN2O3S. The van der Waals surface area contributed by atoms with Crippen molar-refractivity contribution in [1.29, 1.82) is 0 Å². The molecule has 0 N–H and O–H groups in total. The maximum absolute atomic E-state index is 13.0. The third kappa shape index (κ3) is 3.10. The Bertz CT molecular complexity index is 895. The highest BCUT2D eigenvalue weighted by atomic mass is 35.5. The number of morpholine rings is 1. The maximum Gasteiger partial charge on any atom is 0.264 e. The van der Waals surface area contributed by atoms with Crippen molar-refractivity contribution >= 4 is 33.0 Å². The lowest BCUT2D eigenvalue weighted by molar-refractivity contribution is 0.122. The monoisotopic (exact) mass is 378 g/mol. The molecule has 0 aromatic heterocycles. The van der Waals surface area contributed by atoms with E-state index in [-0.39, 0.29) is 4.90 Å². The first-order chi connectivity index (χ1) is 12.1. The third-order valence-electron chi connectivity index (χ3n) is 4.68. The summed E-state index contributed by atoms with van der Waals surface area (Å²) in [6, 6.07) is 12.4. The van der Waals surface area contributed by atoms with Crippen molar-refractivity contribution in [2.45, 2.75) is 11.3 Å². The van der Waals surface area contributed by atoms with Crippen molar-refractivity contribution in [3.05, 3.63) is 53.1 Å². The Labute approximate surface area is 152 Å². The lowest BCUT2D eigenvalue weighted by atomic mass is 10.1. The second-order valence-corrected chi connectivity index (χ2v) is 8.50. The van der Waals surface area contributed by atoms with E-state index in [4.69, 9.17) is 16.3 Å². The van der Waals surface area contributed by atoms with E-state index in [0.29, 0.717) is 18.0 Å². The van der Waals surface area contributed by atoms with E-state index in [9.17, 15) is 8.42 Å². The molecule has 0 amide bonds. The van der Waals surface area contributed by atoms with E-state index < -0.39 is 10.0 Å². The highest BCUT2D eigenvalue weighted by molar-refractivity contribution is 7.92. The van der Waals surface area contributed by atoms with Gasteiger partial charge in [0.2, 0.25) is 0 Å². The first kappa shape index (κ1) is 16.7. The molecule has 4 rings (SSSR count). The van der Waals surface area contributed by atoms with Gasteiger partial charge in [-0.3, -0.25) is 4.31 Å². The fourth-order valence-electron chi connectivity index (χ4n) is 3.38. The van der Waals surface area contributed by atoms with Gasteiger partial charge >= 0.3 is 0 Å². The Morgan fingerprint density at radius 3 is 2.56 bits per heavy atom. The van der Waals surface area contributed by atoms with Crippen LogP contribution in [0.5, 0.6) is 0 Å². The summed E-state index contributed by atoms with van der Waals surface area (Å²) in [4.78, 5) is 2.50. The number of anilines is 2. The predicted molar refractivity (Wildman–Crippen MR) is 99.2 cm³/mol. The smallest absolute Gasteiger partial charge is 0.264 e. The minimum Gasteiger partial charge on any atom is -0.378 e. The molecule has 2 heterocycles. The molecule has 2 aromatic carbocycles. The molecule has 0 bridgehead atoms. The van der Waals surface area contributed by atoms with Crippen molar-refractivity contribution in [3.63, 3.8) is 0 Å². The van der Waals surface area contributed by atoms with Gasteiger partial charge < -0.3 is 9.64 Å². The summed E-state index contributed by atoms with van der Waals surface area (Å²) in [5, 5.41) is 0.420. The summed E-state index contributed by atoms with van der Waals surface area (Å²) < 4.78 is 32.8. The maximum atomic E-state index is 13.0. The molecule has 2 aliphatic heterocycles. The molecule has 0 saturated carbocycles. The van der Waals surface area contributed by atoms with Crippen molar-refractivity contribution in [2.75, 3.05) is 42.1 Å². The minimum atomic E-state index is -3.60. The summed E-state index contributed by atoms with van der Waals surface area (Å²) >= 11 is 5.97. The van der Waals surface area contributed by atoms with Crippen molar-refractivity contribution in [2.24, 2.45) is 0 Å². The normalized spacial score (nSPS) is 17.6. The van der Waals surface area contributed by atoms with E-state index in [1.54, 1.807) is 18.2 Å². The molecule has 7 heteroatoms. The van der Waals surface area contributed by atoms with Crippen LogP contribution in [-0.2, 0) is 21.2 Å². The Morgan fingerprint density at radius 1 is 1.00 bits per heavy atom. The lowest BCUT2D eigenvalue weighted by Crippen LogP contribution is -2.36. The molecule has 2 aromatic rings. The second-order valence-electron chi connectivity index (χ2n) is 6.20. The SMILES string of the molecule is O=S(=O)(c1cccc(Cl)c1)N1CCc2cc(N3CCOCC3)ccc21. The van der Waals surface area contributed by atoms with Crippen molar-refractivity contribution in [1.82, 2.24) is 0 Å². The predicted octanol–water partition coefficient (Wildman–Crippen LogP) is 2.93. The third-order valence-corrected chi connectivity index (χ3v) is 6.72. The van der Waals surface area contributed by atoms with Crippen LogP contribution in [0.15, 0.2) is 47.4 Å². The molecule has 0 unspecified atom stereocenters. The highest BCUT2D eigenvalue weighted by Crippen LogP contribution is 2.36. The highest BCUT2D eigenvalue weighted by Gasteiger charge is 2.31. The van der Waals surface area contributed by atoms with E-state index in [1.807, 2.05) is 12.1 Å². The van der Waals surface area contributed by atoms with Crippen LogP contribution >= 0.6 is 11.6 Å². The molecule has 0 atom stereocenters. The fourth-order valence-corrected chi connectivity index (χ4v) is 5.19. The van der Waals surface area contributed by atoms with Gasteiger partial charge in [-0.25, -0.2) is 8.42 Å². The fraction of sp³-hybridized carbons (Fsp3) is 0.333. The van der Waals surface area contributed by atoms with Gasteiger partial charge in [0, 0.05) is 30.3 Å². The molecular weight excluding hydrogens is 360 g/mol. The van der Waals surface area contributed by atoms with Crippen molar-refractivity contribution < 1.29 is 13.2 Å². The van der Waals surface area contributed by atoms with Gasteiger partial charge in [0.05, 0.1) is 23.8 Å². The Balaban J connectivity index is 1.65. The van der Waals surface area contributed by atoms with Crippen LogP contribution in [0.25, 0.3) is 0 Å². The summed E-state index contributed by atoms with van der Waals surface area (Å²) in [7, 11) is -3.60. The summed E-state index contributed by atoms with van der Waals surface area (Å²) in [6.45, 7) is 3.64. The molecule has 132 valence electrons. The van der Waals surface area contributed by atoms with E-state index in [2.05, 4.69) is 11.0 Å². The van der Waals surface area contributed by atoms with Crippen LogP contribution in [-0.4, -0.2) is 41.3 Å². The number of hydrogen-bond acceptors (Lipinski definition) is 4. The number of fused-ring (bicyclic) bond motifs is 1. The zero-order chi connectivity index (χ0) is 17.4. The second kappa shape index (κ2) is 6.52. The van der Waals surface area contributed by atoms with E-state index in [1.165, 1.54) is 10.4 Å². The van der Waals surface area contributed by atoms with E-state index >= 15 is 0 Å². The first-order valence-corrected chi connectivity index (χ1v) is 10.1. The average Bonchev–Trinajstić information content (AvgIpc) is 3.06. The number of sulfonamides is 1.